The quantitative estimate of drug-likeness (QED) is 0.192. The van der Waals surface area contributed by atoms with E-state index in [1.807, 2.05) is 0 Å². The number of aliphatic hydroxyl groups is 3. The van der Waals surface area contributed by atoms with Gasteiger partial charge in [0.15, 0.2) is 24.2 Å². The molecule has 1 unspecified atom stereocenters. The van der Waals surface area contributed by atoms with E-state index >= 15 is 0 Å². The van der Waals surface area contributed by atoms with Gasteiger partial charge in [0.25, 0.3) is 0 Å². The van der Waals surface area contributed by atoms with Gasteiger partial charge in [0.05, 0.1) is 18.5 Å². The van der Waals surface area contributed by atoms with Gasteiger partial charge in [-0.1, -0.05) is 0 Å². The molecule has 0 aromatic carbocycles. The first kappa shape index (κ1) is 14.7. The molecule has 112 valence electrons. The molecule has 0 spiro atoms. The molecule has 1 aromatic rings. The van der Waals surface area contributed by atoms with Gasteiger partial charge < -0.3 is 36.1 Å². The van der Waals surface area contributed by atoms with E-state index < -0.39 is 43.3 Å². The van der Waals surface area contributed by atoms with E-state index in [2.05, 4.69) is 15.3 Å². The number of hydrogen-bond donors (Lipinski definition) is 7. The fourth-order valence-electron chi connectivity index (χ4n) is 1.97. The van der Waals surface area contributed by atoms with Gasteiger partial charge >= 0.3 is 0 Å². The molecule has 0 saturated carbocycles. The molecule has 1 aromatic heterocycles. The van der Waals surface area contributed by atoms with Crippen LogP contribution in [0.25, 0.3) is 0 Å². The molecule has 10 heteroatoms. The number of rotatable bonds is 4. The average molecular weight is 289 g/mol. The van der Waals surface area contributed by atoms with E-state index in [1.54, 1.807) is 0 Å². The second kappa shape index (κ2) is 5.71. The summed E-state index contributed by atoms with van der Waals surface area (Å²) in [6, 6.07) is 0. The lowest BCUT2D eigenvalue weighted by Gasteiger charge is -2.12. The van der Waals surface area contributed by atoms with Crippen molar-refractivity contribution in [2.75, 3.05) is 6.61 Å². The van der Waals surface area contributed by atoms with Gasteiger partial charge in [0.1, 0.15) is 18.3 Å². The Hall–Kier alpha value is -1.75. The van der Waals surface area contributed by atoms with Crippen molar-refractivity contribution in [3.8, 4) is 0 Å². The number of alkyl halides is 1. The van der Waals surface area contributed by atoms with Crippen LogP contribution in [0.4, 0.5) is 4.39 Å². The fourth-order valence-corrected chi connectivity index (χ4v) is 1.97. The molecule has 20 heavy (non-hydrogen) atoms. The number of ether oxygens (including phenoxy) is 1. The van der Waals surface area contributed by atoms with Gasteiger partial charge in [-0.3, -0.25) is 5.41 Å². The second-order valence-electron chi connectivity index (χ2n) is 4.40. The highest BCUT2D eigenvalue weighted by molar-refractivity contribution is 5.74. The number of guanidine groups is 1. The summed E-state index contributed by atoms with van der Waals surface area (Å²) < 4.78 is 19.0. The van der Waals surface area contributed by atoms with Gasteiger partial charge in [-0.25, -0.2) is 9.37 Å². The average Bonchev–Trinajstić information content (AvgIpc) is 2.96. The molecular formula is C10H16FN5O4. The summed E-state index contributed by atoms with van der Waals surface area (Å²) in [6.07, 6.45) is -5.39. The minimum atomic E-state index is -1.72. The highest BCUT2D eigenvalue weighted by Crippen LogP contribution is 2.34. The van der Waals surface area contributed by atoms with E-state index in [0.29, 0.717) is 0 Å². The standard InChI is InChI=1S/C10H16FN5O4/c11-5-6(18)4(2-17)20-7(5)3-1-14-8(15-3)9(19)16-10(12)13/h1,4-7,9,17-19H,2H2,(H,14,15)(H4,12,13,16)/t4-,5-,6-,7+,9?/m1/s1. The van der Waals surface area contributed by atoms with Crippen LogP contribution in [-0.2, 0) is 4.74 Å². The van der Waals surface area contributed by atoms with Crippen LogP contribution in [0.3, 0.4) is 0 Å². The van der Waals surface area contributed by atoms with Crippen molar-refractivity contribution in [2.24, 2.45) is 5.73 Å². The molecule has 8 N–H and O–H groups in total. The summed E-state index contributed by atoms with van der Waals surface area (Å²) in [6.45, 7) is -0.506. The minimum Gasteiger partial charge on any atom is -0.394 e. The third-order valence-corrected chi connectivity index (χ3v) is 2.97. The molecule has 0 radical (unpaired) electrons. The first-order chi connectivity index (χ1) is 9.43. The van der Waals surface area contributed by atoms with Crippen molar-refractivity contribution in [2.45, 2.75) is 30.7 Å². The van der Waals surface area contributed by atoms with Crippen molar-refractivity contribution in [3.63, 3.8) is 0 Å². The van der Waals surface area contributed by atoms with Crippen LogP contribution in [0, 0.1) is 5.41 Å². The topological polar surface area (TPSA) is 160 Å². The van der Waals surface area contributed by atoms with Crippen LogP contribution in [0.2, 0.25) is 0 Å². The maximum atomic E-state index is 13.9. The predicted molar refractivity (Wildman–Crippen MR) is 64.2 cm³/mol. The van der Waals surface area contributed by atoms with Gasteiger partial charge in [-0.15, -0.1) is 0 Å². The van der Waals surface area contributed by atoms with E-state index in [1.165, 1.54) is 6.20 Å². The van der Waals surface area contributed by atoms with E-state index in [-0.39, 0.29) is 11.5 Å². The molecule has 1 aliphatic rings. The Labute approximate surface area is 113 Å². The van der Waals surface area contributed by atoms with Gasteiger partial charge in [-0.05, 0) is 0 Å². The predicted octanol–water partition coefficient (Wildman–Crippen LogP) is -1.99. The van der Waals surface area contributed by atoms with E-state index in [0.717, 1.165) is 0 Å². The lowest BCUT2D eigenvalue weighted by atomic mass is 10.1. The third kappa shape index (κ3) is 2.72. The number of hydrogen-bond acceptors (Lipinski definition) is 6. The lowest BCUT2D eigenvalue weighted by molar-refractivity contribution is -0.0236. The largest absolute Gasteiger partial charge is 0.394 e. The molecule has 2 rings (SSSR count). The SMILES string of the molecule is N=C(N)NC(O)c1ncc([C@@H]2O[C@H](CO)[C@@H](O)[C@H]2F)[nH]1. The number of aromatic nitrogens is 2. The summed E-state index contributed by atoms with van der Waals surface area (Å²) in [4.78, 5) is 6.44. The lowest BCUT2D eigenvalue weighted by Crippen LogP contribution is -2.34. The molecule has 1 aliphatic heterocycles. The van der Waals surface area contributed by atoms with Crippen molar-refractivity contribution < 1.29 is 24.4 Å². The number of nitrogens with one attached hydrogen (secondary N) is 3. The van der Waals surface area contributed by atoms with Crippen molar-refractivity contribution in [1.82, 2.24) is 15.3 Å². The molecule has 0 aliphatic carbocycles. The zero-order valence-electron chi connectivity index (χ0n) is 10.3. The van der Waals surface area contributed by atoms with Crippen molar-refractivity contribution >= 4 is 5.96 Å². The molecule has 9 nitrogen and oxygen atoms in total. The van der Waals surface area contributed by atoms with Crippen LogP contribution in [0.15, 0.2) is 6.20 Å². The van der Waals surface area contributed by atoms with Crippen molar-refractivity contribution in [3.05, 3.63) is 17.7 Å². The number of halogens is 1. The van der Waals surface area contributed by atoms with Crippen LogP contribution in [0.5, 0.6) is 0 Å². The molecule has 0 amide bonds. The number of nitrogens with two attached hydrogens (primary N) is 1. The minimum absolute atomic E-state index is 0.0212. The van der Waals surface area contributed by atoms with Crippen LogP contribution in [0.1, 0.15) is 23.9 Å². The molecule has 0 bridgehead atoms. The highest BCUT2D eigenvalue weighted by Gasteiger charge is 2.45. The number of H-pyrrole nitrogens is 1. The summed E-state index contributed by atoms with van der Waals surface area (Å²) in [5, 5.41) is 37.3. The molecule has 5 atom stereocenters. The number of aromatic amines is 1. The van der Waals surface area contributed by atoms with E-state index in [9.17, 15) is 14.6 Å². The van der Waals surface area contributed by atoms with Crippen LogP contribution >= 0.6 is 0 Å². The summed E-state index contributed by atoms with van der Waals surface area (Å²) >= 11 is 0. The Morgan fingerprint density at radius 3 is 2.95 bits per heavy atom. The maximum absolute atomic E-state index is 13.9. The Balaban J connectivity index is 2.11. The van der Waals surface area contributed by atoms with E-state index in [4.69, 9.17) is 21.0 Å². The zero-order valence-corrected chi connectivity index (χ0v) is 10.3. The first-order valence-electron chi connectivity index (χ1n) is 5.86. The van der Waals surface area contributed by atoms with Gasteiger partial charge in [0, 0.05) is 0 Å². The monoisotopic (exact) mass is 289 g/mol. The second-order valence-corrected chi connectivity index (χ2v) is 4.40. The van der Waals surface area contributed by atoms with Crippen LogP contribution in [-0.4, -0.2) is 56.2 Å². The fraction of sp³-hybridized carbons (Fsp3) is 0.600. The maximum Gasteiger partial charge on any atom is 0.188 e. The Kier molecular flexibility index (Phi) is 4.18. The van der Waals surface area contributed by atoms with Gasteiger partial charge in [-0.2, -0.15) is 0 Å². The smallest absolute Gasteiger partial charge is 0.188 e. The van der Waals surface area contributed by atoms with Crippen LogP contribution < -0.4 is 11.1 Å². The Morgan fingerprint density at radius 1 is 1.70 bits per heavy atom. The third-order valence-electron chi connectivity index (χ3n) is 2.97. The normalized spacial score (nSPS) is 31.2. The number of aliphatic hydroxyl groups excluding tert-OH is 3. The Bertz CT molecular complexity index is 484. The Morgan fingerprint density at radius 2 is 2.40 bits per heavy atom. The molecular weight excluding hydrogens is 273 g/mol. The first-order valence-corrected chi connectivity index (χ1v) is 5.86. The number of nitrogens with zero attached hydrogens (tertiary/aromatic N) is 1. The summed E-state index contributed by atoms with van der Waals surface area (Å²) in [7, 11) is 0. The summed E-state index contributed by atoms with van der Waals surface area (Å²) in [5.74, 6) is -0.431. The van der Waals surface area contributed by atoms with Crippen molar-refractivity contribution in [1.29, 1.82) is 5.41 Å². The highest BCUT2D eigenvalue weighted by atomic mass is 19.1. The van der Waals surface area contributed by atoms with Gasteiger partial charge in [0.2, 0.25) is 0 Å². The molecule has 2 heterocycles. The molecule has 1 saturated heterocycles. The zero-order chi connectivity index (χ0) is 14.9. The number of imidazole rings is 1. The summed E-state index contributed by atoms with van der Waals surface area (Å²) in [5.41, 5.74) is 5.26. The molecule has 1 fully saturated rings.